The molecule has 0 aromatic heterocycles. The first-order valence-corrected chi connectivity index (χ1v) is 9.66. The van der Waals surface area contributed by atoms with Crippen molar-refractivity contribution in [2.24, 2.45) is 10.9 Å². The van der Waals surface area contributed by atoms with Gasteiger partial charge in [0.15, 0.2) is 5.96 Å². The van der Waals surface area contributed by atoms with Gasteiger partial charge in [-0.15, -0.1) is 24.0 Å². The highest BCUT2D eigenvalue weighted by molar-refractivity contribution is 14.0. The molecule has 1 fully saturated rings. The van der Waals surface area contributed by atoms with Crippen molar-refractivity contribution in [1.82, 2.24) is 10.2 Å². The minimum absolute atomic E-state index is 0. The lowest BCUT2D eigenvalue weighted by molar-refractivity contribution is 0.0625. The molecule has 1 aliphatic rings. The minimum atomic E-state index is -0.314. The molecule has 0 saturated carbocycles. The molecule has 1 saturated heterocycles. The maximum absolute atomic E-state index is 13.3. The molecule has 0 atom stereocenters. The third-order valence-electron chi connectivity index (χ3n) is 5.14. The summed E-state index contributed by atoms with van der Waals surface area (Å²) in [6.45, 7) is 7.57. The number of halogens is 3. The van der Waals surface area contributed by atoms with Gasteiger partial charge in [0.1, 0.15) is 5.82 Å². The first-order valence-electron chi connectivity index (χ1n) is 9.28. The minimum Gasteiger partial charge on any atom is -0.381 e. The number of guanidine groups is 1. The standard InChI is InChI=1S/C20H31ClFN3O.HI/c1-20(2,17-6-5-16(22)13-18(17)21)14-24-19(23-3)25(4)10-7-15-8-11-26-12-9-15;/h5-6,13,15H,7-12,14H2,1-4H3,(H,23,24);1H. The van der Waals surface area contributed by atoms with Crippen LogP contribution in [0.3, 0.4) is 0 Å². The molecule has 7 heteroatoms. The van der Waals surface area contributed by atoms with Crippen LogP contribution in [0, 0.1) is 11.7 Å². The van der Waals surface area contributed by atoms with E-state index in [2.05, 4.69) is 36.1 Å². The van der Waals surface area contributed by atoms with E-state index in [0.717, 1.165) is 56.5 Å². The summed E-state index contributed by atoms with van der Waals surface area (Å²) in [5.41, 5.74) is 0.677. The molecule has 0 bridgehead atoms. The topological polar surface area (TPSA) is 36.9 Å². The van der Waals surface area contributed by atoms with Crippen LogP contribution in [-0.2, 0) is 10.2 Å². The Morgan fingerprint density at radius 3 is 2.63 bits per heavy atom. The van der Waals surface area contributed by atoms with Crippen molar-refractivity contribution in [3.8, 4) is 0 Å². The summed E-state index contributed by atoms with van der Waals surface area (Å²) in [5.74, 6) is 1.29. The van der Waals surface area contributed by atoms with Crippen molar-refractivity contribution in [2.45, 2.75) is 38.5 Å². The normalized spacial score (nSPS) is 16.0. The van der Waals surface area contributed by atoms with Crippen molar-refractivity contribution in [1.29, 1.82) is 0 Å². The van der Waals surface area contributed by atoms with Gasteiger partial charge in [0.25, 0.3) is 0 Å². The van der Waals surface area contributed by atoms with Gasteiger partial charge < -0.3 is 15.0 Å². The van der Waals surface area contributed by atoms with E-state index in [9.17, 15) is 4.39 Å². The number of rotatable bonds is 6. The summed E-state index contributed by atoms with van der Waals surface area (Å²) in [6, 6.07) is 4.59. The van der Waals surface area contributed by atoms with E-state index in [1.807, 2.05) is 0 Å². The molecule has 0 aliphatic carbocycles. The van der Waals surface area contributed by atoms with Crippen LogP contribution in [-0.4, -0.2) is 51.3 Å². The number of aliphatic imine (C=N–C) groups is 1. The first kappa shape index (κ1) is 24.4. The van der Waals surface area contributed by atoms with Crippen molar-refractivity contribution in [3.63, 3.8) is 0 Å². The van der Waals surface area contributed by atoms with Gasteiger partial charge in [-0.3, -0.25) is 4.99 Å². The number of hydrogen-bond donors (Lipinski definition) is 1. The summed E-state index contributed by atoms with van der Waals surface area (Å²) in [4.78, 5) is 6.56. The fourth-order valence-electron chi connectivity index (χ4n) is 3.34. The fourth-order valence-corrected chi connectivity index (χ4v) is 3.76. The third-order valence-corrected chi connectivity index (χ3v) is 5.45. The maximum Gasteiger partial charge on any atom is 0.193 e. The SMILES string of the molecule is CN=C(NCC(C)(C)c1ccc(F)cc1Cl)N(C)CCC1CCOCC1.I. The van der Waals surface area contributed by atoms with Gasteiger partial charge in [0.2, 0.25) is 0 Å². The molecular formula is C20H32ClFIN3O. The predicted octanol–water partition coefficient (Wildman–Crippen LogP) is 4.70. The number of ether oxygens (including phenoxy) is 1. The van der Waals surface area contributed by atoms with Gasteiger partial charge in [-0.2, -0.15) is 0 Å². The third kappa shape index (κ3) is 7.38. The Hall–Kier alpha value is -0.600. The molecule has 4 nitrogen and oxygen atoms in total. The van der Waals surface area contributed by atoms with E-state index in [1.54, 1.807) is 13.1 Å². The average Bonchev–Trinajstić information content (AvgIpc) is 2.61. The summed E-state index contributed by atoms with van der Waals surface area (Å²) < 4.78 is 18.7. The average molecular weight is 512 g/mol. The quantitative estimate of drug-likeness (QED) is 0.342. The zero-order valence-electron chi connectivity index (χ0n) is 16.7. The highest BCUT2D eigenvalue weighted by Gasteiger charge is 2.24. The van der Waals surface area contributed by atoms with Crippen LogP contribution in [0.4, 0.5) is 4.39 Å². The Balaban J connectivity index is 0.00000364. The highest BCUT2D eigenvalue weighted by atomic mass is 127. The number of hydrogen-bond acceptors (Lipinski definition) is 2. The van der Waals surface area contributed by atoms with Gasteiger partial charge >= 0.3 is 0 Å². The van der Waals surface area contributed by atoms with Crippen molar-refractivity contribution in [2.75, 3.05) is 40.4 Å². The second kappa shape index (κ2) is 11.4. The second-order valence-electron chi connectivity index (χ2n) is 7.67. The van der Waals surface area contributed by atoms with Gasteiger partial charge in [-0.05, 0) is 42.9 Å². The maximum atomic E-state index is 13.3. The molecular weight excluding hydrogens is 480 g/mol. The largest absolute Gasteiger partial charge is 0.381 e. The summed E-state index contributed by atoms with van der Waals surface area (Å²) in [7, 11) is 3.86. The van der Waals surface area contributed by atoms with Crippen LogP contribution in [0.5, 0.6) is 0 Å². The summed E-state index contributed by atoms with van der Waals surface area (Å²) in [6.07, 6.45) is 3.44. The lowest BCUT2D eigenvalue weighted by Crippen LogP contribution is -2.45. The molecule has 0 radical (unpaired) electrons. The van der Waals surface area contributed by atoms with Gasteiger partial charge in [-0.25, -0.2) is 4.39 Å². The first-order chi connectivity index (χ1) is 12.3. The van der Waals surface area contributed by atoms with Crippen LogP contribution in [0.25, 0.3) is 0 Å². The van der Waals surface area contributed by atoms with Gasteiger partial charge in [0, 0.05) is 50.8 Å². The monoisotopic (exact) mass is 511 g/mol. The molecule has 0 spiro atoms. The zero-order valence-corrected chi connectivity index (χ0v) is 19.8. The van der Waals surface area contributed by atoms with Crippen LogP contribution in [0.2, 0.25) is 5.02 Å². The van der Waals surface area contributed by atoms with Crippen molar-refractivity contribution < 1.29 is 9.13 Å². The molecule has 1 aromatic rings. The van der Waals surface area contributed by atoms with E-state index in [4.69, 9.17) is 16.3 Å². The van der Waals surface area contributed by atoms with Crippen LogP contribution < -0.4 is 5.32 Å². The van der Waals surface area contributed by atoms with E-state index in [1.165, 1.54) is 12.1 Å². The number of nitrogens with one attached hydrogen (secondary N) is 1. The Morgan fingerprint density at radius 1 is 1.37 bits per heavy atom. The van der Waals surface area contributed by atoms with Crippen LogP contribution >= 0.6 is 35.6 Å². The van der Waals surface area contributed by atoms with E-state index in [-0.39, 0.29) is 35.2 Å². The Kier molecular flexibility index (Phi) is 10.3. The molecule has 1 N–H and O–H groups in total. The Bertz CT molecular complexity index is 621. The van der Waals surface area contributed by atoms with Crippen LogP contribution in [0.1, 0.15) is 38.7 Å². The van der Waals surface area contributed by atoms with Gasteiger partial charge in [-0.1, -0.05) is 31.5 Å². The lowest BCUT2D eigenvalue weighted by atomic mass is 9.84. The molecule has 27 heavy (non-hydrogen) atoms. The summed E-state index contributed by atoms with van der Waals surface area (Å²) in [5, 5.41) is 3.89. The summed E-state index contributed by atoms with van der Waals surface area (Å²) >= 11 is 6.24. The van der Waals surface area contributed by atoms with E-state index in [0.29, 0.717) is 11.6 Å². The number of benzene rings is 1. The smallest absolute Gasteiger partial charge is 0.193 e. The van der Waals surface area contributed by atoms with Crippen LogP contribution in [0.15, 0.2) is 23.2 Å². The molecule has 0 unspecified atom stereocenters. The zero-order chi connectivity index (χ0) is 19.2. The number of nitrogens with zero attached hydrogens (tertiary/aromatic N) is 2. The van der Waals surface area contributed by atoms with Crippen molar-refractivity contribution >= 4 is 41.5 Å². The predicted molar refractivity (Wildman–Crippen MR) is 122 cm³/mol. The molecule has 1 aromatic carbocycles. The molecule has 2 rings (SSSR count). The van der Waals surface area contributed by atoms with Crippen molar-refractivity contribution in [3.05, 3.63) is 34.6 Å². The van der Waals surface area contributed by atoms with Gasteiger partial charge in [0.05, 0.1) is 0 Å². The molecule has 154 valence electrons. The lowest BCUT2D eigenvalue weighted by Gasteiger charge is -2.31. The van der Waals surface area contributed by atoms with E-state index >= 15 is 0 Å². The second-order valence-corrected chi connectivity index (χ2v) is 8.08. The Labute approximate surface area is 184 Å². The Morgan fingerprint density at radius 2 is 2.04 bits per heavy atom. The molecule has 1 aliphatic heterocycles. The molecule has 1 heterocycles. The highest BCUT2D eigenvalue weighted by Crippen LogP contribution is 2.30. The fraction of sp³-hybridized carbons (Fsp3) is 0.650. The van der Waals surface area contributed by atoms with E-state index < -0.39 is 0 Å². The molecule has 0 amide bonds.